The molecule has 0 unspecified atom stereocenters. The minimum atomic E-state index is 0.0241. The van der Waals surface area contributed by atoms with Crippen molar-refractivity contribution in [2.45, 2.75) is 45.4 Å². The molecule has 1 amide bonds. The van der Waals surface area contributed by atoms with E-state index >= 15 is 0 Å². The van der Waals surface area contributed by atoms with Gasteiger partial charge in [0, 0.05) is 23.6 Å². The highest BCUT2D eigenvalue weighted by Gasteiger charge is 2.10. The van der Waals surface area contributed by atoms with Crippen LogP contribution in [0.2, 0.25) is 0 Å². The quantitative estimate of drug-likeness (QED) is 0.693. The van der Waals surface area contributed by atoms with Crippen LogP contribution in [0.1, 0.15) is 55.8 Å². The Hall–Kier alpha value is -1.77. The first kappa shape index (κ1) is 14.6. The zero-order valence-electron chi connectivity index (χ0n) is 12.2. The number of aromatic nitrogens is 1. The number of benzene rings is 1. The second-order valence-corrected chi connectivity index (χ2v) is 5.27. The van der Waals surface area contributed by atoms with Crippen molar-refractivity contribution >= 4 is 16.8 Å². The number of aromatic amines is 1. The van der Waals surface area contributed by atoms with E-state index in [0.717, 1.165) is 29.4 Å². The van der Waals surface area contributed by atoms with Gasteiger partial charge in [-0.1, -0.05) is 57.2 Å². The van der Waals surface area contributed by atoms with Crippen LogP contribution in [0.3, 0.4) is 0 Å². The Morgan fingerprint density at radius 1 is 1.10 bits per heavy atom. The van der Waals surface area contributed by atoms with Crippen LogP contribution in [0.5, 0.6) is 0 Å². The van der Waals surface area contributed by atoms with Crippen LogP contribution in [0, 0.1) is 0 Å². The smallest absolute Gasteiger partial charge is 0.253 e. The van der Waals surface area contributed by atoms with Gasteiger partial charge in [0.15, 0.2) is 0 Å². The molecule has 1 aromatic heterocycles. The molecule has 0 fully saturated rings. The lowest BCUT2D eigenvalue weighted by atomic mass is 10.1. The highest BCUT2D eigenvalue weighted by molar-refractivity contribution is 6.06. The summed E-state index contributed by atoms with van der Waals surface area (Å²) >= 11 is 0. The first-order chi connectivity index (χ1) is 9.83. The summed E-state index contributed by atoms with van der Waals surface area (Å²) in [6.45, 7) is 2.99. The normalized spacial score (nSPS) is 10.8. The fourth-order valence-corrected chi connectivity index (χ4v) is 2.46. The molecule has 0 bridgehead atoms. The molecule has 3 nitrogen and oxygen atoms in total. The Bertz CT molecular complexity index is 545. The summed E-state index contributed by atoms with van der Waals surface area (Å²) in [4.78, 5) is 15.3. The fourth-order valence-electron chi connectivity index (χ4n) is 2.46. The Morgan fingerprint density at radius 3 is 2.70 bits per heavy atom. The second kappa shape index (κ2) is 7.73. The Morgan fingerprint density at radius 2 is 1.85 bits per heavy atom. The monoisotopic (exact) mass is 272 g/mol. The van der Waals surface area contributed by atoms with E-state index in [1.807, 2.05) is 24.3 Å². The number of unbranched alkanes of at least 4 members (excludes halogenated alkanes) is 5. The molecule has 2 aromatic rings. The highest BCUT2D eigenvalue weighted by Crippen LogP contribution is 2.17. The van der Waals surface area contributed by atoms with Gasteiger partial charge in [0.1, 0.15) is 0 Å². The van der Waals surface area contributed by atoms with Gasteiger partial charge in [0.05, 0.1) is 5.56 Å². The van der Waals surface area contributed by atoms with E-state index in [9.17, 15) is 4.79 Å². The van der Waals surface area contributed by atoms with Gasteiger partial charge >= 0.3 is 0 Å². The summed E-state index contributed by atoms with van der Waals surface area (Å²) < 4.78 is 0. The lowest BCUT2D eigenvalue weighted by Gasteiger charge is -2.04. The Balaban J connectivity index is 1.75. The van der Waals surface area contributed by atoms with Crippen molar-refractivity contribution in [2.24, 2.45) is 0 Å². The maximum absolute atomic E-state index is 12.1. The summed E-state index contributed by atoms with van der Waals surface area (Å²) in [7, 11) is 0. The Labute approximate surface area is 120 Å². The van der Waals surface area contributed by atoms with Crippen molar-refractivity contribution in [3.05, 3.63) is 36.0 Å². The lowest BCUT2D eigenvalue weighted by molar-refractivity contribution is 0.0954. The summed E-state index contributed by atoms with van der Waals surface area (Å²) in [6, 6.07) is 7.89. The van der Waals surface area contributed by atoms with Gasteiger partial charge in [-0.3, -0.25) is 4.79 Å². The van der Waals surface area contributed by atoms with E-state index in [1.165, 1.54) is 32.1 Å². The molecule has 1 aromatic carbocycles. The average Bonchev–Trinajstić information content (AvgIpc) is 2.90. The minimum Gasteiger partial charge on any atom is -0.360 e. The molecule has 2 rings (SSSR count). The van der Waals surface area contributed by atoms with Gasteiger partial charge in [0.25, 0.3) is 5.91 Å². The van der Waals surface area contributed by atoms with Crippen molar-refractivity contribution < 1.29 is 4.79 Å². The molecular weight excluding hydrogens is 248 g/mol. The third-order valence-electron chi connectivity index (χ3n) is 3.65. The summed E-state index contributed by atoms with van der Waals surface area (Å²) in [6.07, 6.45) is 9.25. The van der Waals surface area contributed by atoms with Gasteiger partial charge in [-0.25, -0.2) is 0 Å². The number of fused-ring (bicyclic) bond motifs is 1. The van der Waals surface area contributed by atoms with Crippen LogP contribution in [-0.4, -0.2) is 17.4 Å². The summed E-state index contributed by atoms with van der Waals surface area (Å²) in [5.41, 5.74) is 1.75. The maximum Gasteiger partial charge on any atom is 0.253 e. The number of hydrogen-bond acceptors (Lipinski definition) is 1. The molecule has 0 aliphatic carbocycles. The fraction of sp³-hybridized carbons (Fsp3) is 0.471. The molecule has 0 aliphatic heterocycles. The zero-order chi connectivity index (χ0) is 14.2. The van der Waals surface area contributed by atoms with Crippen LogP contribution in [0.4, 0.5) is 0 Å². The molecule has 108 valence electrons. The van der Waals surface area contributed by atoms with E-state index in [-0.39, 0.29) is 5.91 Å². The molecule has 20 heavy (non-hydrogen) atoms. The predicted molar refractivity (Wildman–Crippen MR) is 84.0 cm³/mol. The third kappa shape index (κ3) is 3.86. The number of carbonyl (C=O) groups excluding carboxylic acids is 1. The van der Waals surface area contributed by atoms with Crippen molar-refractivity contribution in [3.8, 4) is 0 Å². The first-order valence-electron chi connectivity index (χ1n) is 7.67. The van der Waals surface area contributed by atoms with Gasteiger partial charge in [0.2, 0.25) is 0 Å². The largest absolute Gasteiger partial charge is 0.360 e. The van der Waals surface area contributed by atoms with Crippen molar-refractivity contribution in [1.29, 1.82) is 0 Å². The first-order valence-corrected chi connectivity index (χ1v) is 7.67. The number of hydrogen-bond donors (Lipinski definition) is 2. The standard InChI is InChI=1S/C17H24N2O/c1-2-3-4-5-6-9-12-18-17(20)15-13-19-16-11-8-7-10-14(15)16/h7-8,10-11,13,19H,2-6,9,12H2,1H3,(H,18,20). The van der Waals surface area contributed by atoms with Crippen LogP contribution in [0.25, 0.3) is 10.9 Å². The molecule has 0 saturated heterocycles. The van der Waals surface area contributed by atoms with E-state index in [4.69, 9.17) is 0 Å². The summed E-state index contributed by atoms with van der Waals surface area (Å²) in [5.74, 6) is 0.0241. The number of para-hydroxylation sites is 1. The molecule has 1 heterocycles. The van der Waals surface area contributed by atoms with Gasteiger partial charge < -0.3 is 10.3 Å². The van der Waals surface area contributed by atoms with Gasteiger partial charge in [-0.05, 0) is 12.5 Å². The SMILES string of the molecule is CCCCCCCCNC(=O)c1c[nH]c2ccccc12. The minimum absolute atomic E-state index is 0.0241. The average molecular weight is 272 g/mol. The second-order valence-electron chi connectivity index (χ2n) is 5.27. The molecule has 0 spiro atoms. The van der Waals surface area contributed by atoms with Crippen LogP contribution < -0.4 is 5.32 Å². The van der Waals surface area contributed by atoms with E-state index in [2.05, 4.69) is 17.2 Å². The molecule has 0 saturated carbocycles. The van der Waals surface area contributed by atoms with E-state index < -0.39 is 0 Å². The van der Waals surface area contributed by atoms with Crippen molar-refractivity contribution in [2.75, 3.05) is 6.54 Å². The van der Waals surface area contributed by atoms with Crippen molar-refractivity contribution in [3.63, 3.8) is 0 Å². The molecule has 2 N–H and O–H groups in total. The van der Waals surface area contributed by atoms with Crippen LogP contribution in [0.15, 0.2) is 30.5 Å². The molecule has 0 atom stereocenters. The van der Waals surface area contributed by atoms with Crippen LogP contribution >= 0.6 is 0 Å². The molecule has 3 heteroatoms. The van der Waals surface area contributed by atoms with E-state index in [1.54, 1.807) is 6.20 Å². The number of nitrogens with one attached hydrogen (secondary N) is 2. The number of amides is 1. The maximum atomic E-state index is 12.1. The lowest BCUT2D eigenvalue weighted by Crippen LogP contribution is -2.24. The molecule has 0 radical (unpaired) electrons. The van der Waals surface area contributed by atoms with E-state index in [0.29, 0.717) is 0 Å². The molecular formula is C17H24N2O. The zero-order valence-corrected chi connectivity index (χ0v) is 12.2. The van der Waals surface area contributed by atoms with Crippen LogP contribution in [-0.2, 0) is 0 Å². The topological polar surface area (TPSA) is 44.9 Å². The Kier molecular flexibility index (Phi) is 5.66. The molecule has 0 aliphatic rings. The van der Waals surface area contributed by atoms with Crippen molar-refractivity contribution in [1.82, 2.24) is 10.3 Å². The van der Waals surface area contributed by atoms with Gasteiger partial charge in [-0.15, -0.1) is 0 Å². The summed E-state index contributed by atoms with van der Waals surface area (Å²) in [5, 5.41) is 4.00. The number of carbonyl (C=O) groups is 1. The number of H-pyrrole nitrogens is 1. The highest BCUT2D eigenvalue weighted by atomic mass is 16.1. The number of rotatable bonds is 8. The third-order valence-corrected chi connectivity index (χ3v) is 3.65. The predicted octanol–water partition coefficient (Wildman–Crippen LogP) is 4.26. The van der Waals surface area contributed by atoms with Gasteiger partial charge in [-0.2, -0.15) is 0 Å².